The van der Waals surface area contributed by atoms with Crippen molar-refractivity contribution in [3.05, 3.63) is 64.4 Å². The minimum absolute atomic E-state index is 0.0204. The standard InChI is InChI=1S/C22H27N3O3S2/c1-3-17(2)18-8-10-19(11-9-18)30(27,28)24-14-12-23(13-15-24)16-25-22(26)20-6-4-5-7-21(20)29-25/h4-11,17H,3,12-16H2,1-2H3/t17-/m0/s1. The lowest BCUT2D eigenvalue weighted by molar-refractivity contribution is 0.156. The number of piperazine rings is 1. The number of aromatic nitrogens is 1. The zero-order valence-corrected chi connectivity index (χ0v) is 19.0. The second-order valence-electron chi connectivity index (χ2n) is 7.81. The van der Waals surface area contributed by atoms with E-state index in [9.17, 15) is 13.2 Å². The van der Waals surface area contributed by atoms with Crippen LogP contribution in [0.5, 0.6) is 0 Å². The van der Waals surface area contributed by atoms with Crippen LogP contribution in [0.3, 0.4) is 0 Å². The number of rotatable bonds is 6. The molecule has 2 aromatic carbocycles. The summed E-state index contributed by atoms with van der Waals surface area (Å²) >= 11 is 1.46. The second-order valence-corrected chi connectivity index (χ2v) is 10.8. The SMILES string of the molecule is CC[C@H](C)c1ccc(S(=O)(=O)N2CCN(Cn3sc4ccccc4c3=O)CC2)cc1. The van der Waals surface area contributed by atoms with Crippen LogP contribution in [0.2, 0.25) is 0 Å². The molecule has 0 amide bonds. The van der Waals surface area contributed by atoms with E-state index in [0.717, 1.165) is 22.1 Å². The van der Waals surface area contributed by atoms with E-state index in [1.165, 1.54) is 11.5 Å². The number of nitrogens with zero attached hydrogens (tertiary/aromatic N) is 3. The highest BCUT2D eigenvalue weighted by molar-refractivity contribution is 7.89. The lowest BCUT2D eigenvalue weighted by atomic mass is 9.99. The Morgan fingerprint density at radius 3 is 2.30 bits per heavy atom. The normalized spacial score (nSPS) is 17.4. The van der Waals surface area contributed by atoms with Gasteiger partial charge in [0.25, 0.3) is 5.56 Å². The van der Waals surface area contributed by atoms with Crippen molar-refractivity contribution in [1.29, 1.82) is 0 Å². The van der Waals surface area contributed by atoms with E-state index >= 15 is 0 Å². The van der Waals surface area contributed by atoms with Gasteiger partial charge in [-0.1, -0.05) is 49.6 Å². The fourth-order valence-corrected chi connectivity index (χ4v) is 6.21. The topological polar surface area (TPSA) is 62.6 Å². The number of sulfonamides is 1. The highest BCUT2D eigenvalue weighted by Crippen LogP contribution is 2.23. The van der Waals surface area contributed by atoms with Gasteiger partial charge in [0.05, 0.1) is 21.7 Å². The van der Waals surface area contributed by atoms with Crippen molar-refractivity contribution >= 4 is 31.6 Å². The molecule has 1 saturated heterocycles. The van der Waals surface area contributed by atoms with Crippen LogP contribution in [0.25, 0.3) is 10.1 Å². The lowest BCUT2D eigenvalue weighted by Gasteiger charge is -2.33. The highest BCUT2D eigenvalue weighted by atomic mass is 32.2. The largest absolute Gasteiger partial charge is 0.282 e. The zero-order chi connectivity index (χ0) is 21.3. The van der Waals surface area contributed by atoms with Gasteiger partial charge < -0.3 is 0 Å². The third kappa shape index (κ3) is 4.09. The van der Waals surface area contributed by atoms with Gasteiger partial charge in [-0.2, -0.15) is 4.31 Å². The molecular formula is C22H27N3O3S2. The summed E-state index contributed by atoms with van der Waals surface area (Å²) in [6, 6.07) is 14.9. The fourth-order valence-electron chi connectivity index (χ4n) is 3.76. The quantitative estimate of drug-likeness (QED) is 0.582. The summed E-state index contributed by atoms with van der Waals surface area (Å²) in [4.78, 5) is 15.0. The summed E-state index contributed by atoms with van der Waals surface area (Å²) in [6.07, 6.45) is 1.02. The number of hydrogen-bond acceptors (Lipinski definition) is 5. The van der Waals surface area contributed by atoms with Gasteiger partial charge in [-0.25, -0.2) is 12.4 Å². The molecule has 0 bridgehead atoms. The molecule has 160 valence electrons. The molecule has 6 nitrogen and oxygen atoms in total. The van der Waals surface area contributed by atoms with E-state index in [1.54, 1.807) is 20.4 Å². The molecule has 1 aliphatic heterocycles. The van der Waals surface area contributed by atoms with Crippen molar-refractivity contribution in [3.63, 3.8) is 0 Å². The van der Waals surface area contributed by atoms with Crippen molar-refractivity contribution in [2.75, 3.05) is 26.2 Å². The highest BCUT2D eigenvalue weighted by Gasteiger charge is 2.29. The van der Waals surface area contributed by atoms with Gasteiger partial charge in [-0.15, -0.1) is 0 Å². The monoisotopic (exact) mass is 445 g/mol. The molecule has 3 aromatic rings. The van der Waals surface area contributed by atoms with E-state index in [2.05, 4.69) is 18.7 Å². The van der Waals surface area contributed by atoms with Gasteiger partial charge in [0, 0.05) is 26.2 Å². The van der Waals surface area contributed by atoms with Crippen LogP contribution in [-0.2, 0) is 16.7 Å². The Morgan fingerprint density at radius 1 is 1.00 bits per heavy atom. The van der Waals surface area contributed by atoms with E-state index in [1.807, 2.05) is 36.4 Å². The van der Waals surface area contributed by atoms with Gasteiger partial charge in [0.1, 0.15) is 0 Å². The lowest BCUT2D eigenvalue weighted by Crippen LogP contribution is -2.49. The third-order valence-electron chi connectivity index (χ3n) is 5.91. The van der Waals surface area contributed by atoms with Crippen molar-refractivity contribution in [3.8, 4) is 0 Å². The van der Waals surface area contributed by atoms with Gasteiger partial charge in [0.15, 0.2) is 0 Å². The van der Waals surface area contributed by atoms with Crippen LogP contribution in [0.15, 0.2) is 58.2 Å². The molecule has 2 heterocycles. The molecule has 1 fully saturated rings. The van der Waals surface area contributed by atoms with Crippen LogP contribution in [-0.4, -0.2) is 47.8 Å². The summed E-state index contributed by atoms with van der Waals surface area (Å²) in [6.45, 7) is 6.82. The Labute approximate surface area is 181 Å². The second kappa shape index (κ2) is 8.63. The molecule has 30 heavy (non-hydrogen) atoms. The predicted octanol–water partition coefficient (Wildman–Crippen LogP) is 3.54. The minimum atomic E-state index is -3.50. The third-order valence-corrected chi connectivity index (χ3v) is 8.88. The van der Waals surface area contributed by atoms with Crippen molar-refractivity contribution in [2.24, 2.45) is 0 Å². The molecule has 1 aliphatic rings. The van der Waals surface area contributed by atoms with Gasteiger partial charge in [0.2, 0.25) is 10.0 Å². The number of fused-ring (bicyclic) bond motifs is 1. The molecule has 0 aliphatic carbocycles. The first-order chi connectivity index (χ1) is 14.4. The molecule has 1 aromatic heterocycles. The molecular weight excluding hydrogens is 418 g/mol. The summed E-state index contributed by atoms with van der Waals surface area (Å²) in [7, 11) is -3.50. The Morgan fingerprint density at radius 2 is 1.67 bits per heavy atom. The van der Waals surface area contributed by atoms with Crippen molar-refractivity contribution in [1.82, 2.24) is 13.2 Å². The van der Waals surface area contributed by atoms with Gasteiger partial charge >= 0.3 is 0 Å². The average Bonchev–Trinajstić information content (AvgIpc) is 3.09. The number of benzene rings is 2. The summed E-state index contributed by atoms with van der Waals surface area (Å²) in [5.74, 6) is 0.419. The van der Waals surface area contributed by atoms with Crippen LogP contribution in [0.4, 0.5) is 0 Å². The molecule has 1 atom stereocenters. The molecule has 0 saturated carbocycles. The Bertz CT molecular complexity index is 1170. The molecule has 4 rings (SSSR count). The molecule has 0 spiro atoms. The molecule has 0 radical (unpaired) electrons. The number of hydrogen-bond donors (Lipinski definition) is 0. The van der Waals surface area contributed by atoms with E-state index in [4.69, 9.17) is 0 Å². The summed E-state index contributed by atoms with van der Waals surface area (Å²) < 4.78 is 30.3. The fraction of sp³-hybridized carbons (Fsp3) is 0.409. The summed E-state index contributed by atoms with van der Waals surface area (Å²) in [5.41, 5.74) is 1.18. The molecule has 0 unspecified atom stereocenters. The summed E-state index contributed by atoms with van der Waals surface area (Å²) in [5, 5.41) is 0.740. The molecule has 0 N–H and O–H groups in total. The molecule has 8 heteroatoms. The maximum Gasteiger partial charge on any atom is 0.269 e. The van der Waals surface area contributed by atoms with E-state index in [0.29, 0.717) is 43.7 Å². The Hall–Kier alpha value is -2.00. The van der Waals surface area contributed by atoms with E-state index in [-0.39, 0.29) is 5.56 Å². The Balaban J connectivity index is 1.42. The van der Waals surface area contributed by atoms with Crippen LogP contribution in [0, 0.1) is 0 Å². The first kappa shape index (κ1) is 21.2. The first-order valence-corrected chi connectivity index (χ1v) is 12.5. The van der Waals surface area contributed by atoms with Gasteiger partial charge in [-0.05, 0) is 42.2 Å². The smallest absolute Gasteiger partial charge is 0.269 e. The van der Waals surface area contributed by atoms with E-state index < -0.39 is 10.0 Å². The van der Waals surface area contributed by atoms with Crippen LogP contribution < -0.4 is 5.56 Å². The van der Waals surface area contributed by atoms with Crippen LogP contribution >= 0.6 is 11.5 Å². The zero-order valence-electron chi connectivity index (χ0n) is 17.3. The first-order valence-electron chi connectivity index (χ1n) is 10.3. The van der Waals surface area contributed by atoms with Crippen molar-refractivity contribution < 1.29 is 8.42 Å². The Kier molecular flexibility index (Phi) is 6.11. The average molecular weight is 446 g/mol. The maximum absolute atomic E-state index is 13.0. The minimum Gasteiger partial charge on any atom is -0.282 e. The van der Waals surface area contributed by atoms with Crippen molar-refractivity contribution in [2.45, 2.75) is 37.8 Å². The predicted molar refractivity (Wildman–Crippen MR) is 122 cm³/mol. The van der Waals surface area contributed by atoms with Crippen LogP contribution in [0.1, 0.15) is 31.7 Å². The van der Waals surface area contributed by atoms with Gasteiger partial charge in [-0.3, -0.25) is 9.69 Å². The maximum atomic E-state index is 13.0.